The summed E-state index contributed by atoms with van der Waals surface area (Å²) in [4.78, 5) is 29.5. The molecule has 1 aliphatic heterocycles. The van der Waals surface area contributed by atoms with Crippen LogP contribution in [0.4, 0.5) is 0 Å². The second-order valence-corrected chi connectivity index (χ2v) is 9.08. The quantitative estimate of drug-likeness (QED) is 0.815. The van der Waals surface area contributed by atoms with E-state index < -0.39 is 0 Å². The molecule has 5 nitrogen and oxygen atoms in total. The number of thiazole rings is 1. The fraction of sp³-hybridized carbons (Fsp3) is 0.579. The molecule has 0 aromatic carbocycles. The summed E-state index contributed by atoms with van der Waals surface area (Å²) >= 11 is 1.65. The van der Waals surface area contributed by atoms with E-state index in [4.69, 9.17) is 0 Å². The molecule has 6 heteroatoms. The van der Waals surface area contributed by atoms with Gasteiger partial charge in [-0.3, -0.25) is 4.79 Å². The van der Waals surface area contributed by atoms with Gasteiger partial charge in [-0.2, -0.15) is 0 Å². The third-order valence-electron chi connectivity index (χ3n) is 4.47. The van der Waals surface area contributed by atoms with Crippen molar-refractivity contribution in [1.82, 2.24) is 19.9 Å². The van der Waals surface area contributed by atoms with E-state index in [0.717, 1.165) is 48.2 Å². The second-order valence-electron chi connectivity index (χ2n) is 7.84. The highest BCUT2D eigenvalue weighted by molar-refractivity contribution is 7.14. The summed E-state index contributed by atoms with van der Waals surface area (Å²) in [6, 6.07) is 2.06. The zero-order chi connectivity index (χ0) is 18.2. The number of nitrogens with zero attached hydrogens (tertiary/aromatic N) is 4. The molecule has 0 aliphatic carbocycles. The molecule has 2 aromatic rings. The molecule has 0 unspecified atom stereocenters. The summed E-state index contributed by atoms with van der Waals surface area (Å²) in [6.45, 7) is 11.5. The van der Waals surface area contributed by atoms with Crippen molar-refractivity contribution in [1.29, 1.82) is 0 Å². The molecule has 1 saturated heterocycles. The smallest absolute Gasteiger partial charge is 0.227 e. The van der Waals surface area contributed by atoms with Gasteiger partial charge in [0.1, 0.15) is 16.5 Å². The van der Waals surface area contributed by atoms with Crippen LogP contribution in [-0.4, -0.2) is 38.8 Å². The lowest BCUT2D eigenvalue weighted by atomic mass is 9.89. The molecule has 1 fully saturated rings. The molecule has 1 aliphatic rings. The highest BCUT2D eigenvalue weighted by atomic mass is 32.1. The van der Waals surface area contributed by atoms with E-state index in [9.17, 15) is 4.79 Å². The summed E-state index contributed by atoms with van der Waals surface area (Å²) < 4.78 is 0. The lowest BCUT2D eigenvalue weighted by molar-refractivity contribution is -0.140. The normalized spacial score (nSPS) is 18.4. The molecule has 3 rings (SSSR count). The number of amides is 1. The molecule has 0 saturated carbocycles. The minimum absolute atomic E-state index is 0.221. The average Bonchev–Trinajstić information content (AvgIpc) is 2.99. The van der Waals surface area contributed by atoms with Crippen LogP contribution in [0.25, 0.3) is 10.7 Å². The van der Waals surface area contributed by atoms with Gasteiger partial charge in [-0.25, -0.2) is 15.0 Å². The van der Waals surface area contributed by atoms with E-state index in [-0.39, 0.29) is 17.2 Å². The number of hydrogen-bond donors (Lipinski definition) is 0. The van der Waals surface area contributed by atoms with E-state index in [1.807, 2.05) is 45.7 Å². The Kier molecular flexibility index (Phi) is 4.91. The Morgan fingerprint density at radius 3 is 2.68 bits per heavy atom. The van der Waals surface area contributed by atoms with Crippen LogP contribution in [-0.2, 0) is 4.79 Å². The van der Waals surface area contributed by atoms with Crippen molar-refractivity contribution in [3.05, 3.63) is 28.7 Å². The van der Waals surface area contributed by atoms with E-state index >= 15 is 0 Å². The van der Waals surface area contributed by atoms with Crippen molar-refractivity contribution in [3.8, 4) is 10.7 Å². The zero-order valence-electron chi connectivity index (χ0n) is 15.7. The summed E-state index contributed by atoms with van der Waals surface area (Å²) in [5.74, 6) is 1.25. The first-order valence-electron chi connectivity index (χ1n) is 8.82. The molecule has 0 spiro atoms. The maximum absolute atomic E-state index is 12.6. The van der Waals surface area contributed by atoms with Gasteiger partial charge in [0.25, 0.3) is 0 Å². The van der Waals surface area contributed by atoms with Crippen molar-refractivity contribution in [2.45, 2.75) is 53.4 Å². The summed E-state index contributed by atoms with van der Waals surface area (Å²) in [5, 5.41) is 0.933. The Bertz CT molecular complexity index is 778. The van der Waals surface area contributed by atoms with Crippen LogP contribution in [0.3, 0.4) is 0 Å². The minimum atomic E-state index is -0.340. The number of hydrogen-bond acceptors (Lipinski definition) is 5. The lowest BCUT2D eigenvalue weighted by Crippen LogP contribution is -2.44. The van der Waals surface area contributed by atoms with Gasteiger partial charge in [0.05, 0.1) is 0 Å². The first kappa shape index (κ1) is 18.0. The Balaban J connectivity index is 1.86. The molecule has 0 radical (unpaired) electrons. The molecule has 3 heterocycles. The maximum atomic E-state index is 12.6. The molecular weight excluding hydrogens is 332 g/mol. The number of piperidine rings is 1. The van der Waals surface area contributed by atoms with Gasteiger partial charge >= 0.3 is 0 Å². The van der Waals surface area contributed by atoms with Gasteiger partial charge in [-0.1, -0.05) is 20.8 Å². The lowest BCUT2D eigenvalue weighted by Gasteiger charge is -2.36. The molecule has 134 valence electrons. The highest BCUT2D eigenvalue weighted by Gasteiger charge is 2.32. The SMILES string of the molecule is Cc1nc(-c2ncc(C)s2)cc([C@@H]2CCCN(C(=O)C(C)(C)C)C2)n1. The monoisotopic (exact) mass is 358 g/mol. The van der Waals surface area contributed by atoms with Gasteiger partial charge in [0.2, 0.25) is 5.91 Å². The molecule has 1 atom stereocenters. The minimum Gasteiger partial charge on any atom is -0.342 e. The largest absolute Gasteiger partial charge is 0.342 e. The molecule has 1 amide bonds. The molecule has 0 N–H and O–H groups in total. The van der Waals surface area contributed by atoms with Gasteiger partial charge in [0.15, 0.2) is 0 Å². The van der Waals surface area contributed by atoms with Crippen molar-refractivity contribution in [2.75, 3.05) is 13.1 Å². The number of carbonyl (C=O) groups excluding carboxylic acids is 1. The maximum Gasteiger partial charge on any atom is 0.227 e. The Morgan fingerprint density at radius 1 is 1.28 bits per heavy atom. The predicted molar refractivity (Wildman–Crippen MR) is 101 cm³/mol. The van der Waals surface area contributed by atoms with E-state index in [1.54, 1.807) is 11.3 Å². The number of carbonyl (C=O) groups is 1. The summed E-state index contributed by atoms with van der Waals surface area (Å²) in [6.07, 6.45) is 3.95. The van der Waals surface area contributed by atoms with Crippen LogP contribution < -0.4 is 0 Å². The second kappa shape index (κ2) is 6.83. The molecule has 2 aromatic heterocycles. The van der Waals surface area contributed by atoms with Crippen LogP contribution in [0, 0.1) is 19.3 Å². The van der Waals surface area contributed by atoms with Crippen LogP contribution in [0.5, 0.6) is 0 Å². The number of aromatic nitrogens is 3. The van der Waals surface area contributed by atoms with Gasteiger partial charge < -0.3 is 4.90 Å². The van der Waals surface area contributed by atoms with Crippen molar-refractivity contribution < 1.29 is 4.79 Å². The topological polar surface area (TPSA) is 59.0 Å². The Hall–Kier alpha value is -1.82. The van der Waals surface area contributed by atoms with Crippen molar-refractivity contribution in [3.63, 3.8) is 0 Å². The van der Waals surface area contributed by atoms with E-state index in [2.05, 4.69) is 21.0 Å². The number of likely N-dealkylation sites (tertiary alicyclic amines) is 1. The number of aryl methyl sites for hydroxylation is 2. The zero-order valence-corrected chi connectivity index (χ0v) is 16.5. The Labute approximate surface area is 153 Å². The third kappa shape index (κ3) is 4.06. The van der Waals surface area contributed by atoms with Gasteiger partial charge in [0, 0.05) is 41.2 Å². The summed E-state index contributed by atoms with van der Waals surface area (Å²) in [5.41, 5.74) is 1.58. The number of rotatable bonds is 2. The van der Waals surface area contributed by atoms with Crippen LogP contribution in [0.15, 0.2) is 12.3 Å². The molecular formula is C19H26N4OS. The van der Waals surface area contributed by atoms with Crippen LogP contribution in [0.1, 0.15) is 55.9 Å². The van der Waals surface area contributed by atoms with Crippen LogP contribution in [0.2, 0.25) is 0 Å². The standard InChI is InChI=1S/C19H26N4OS/c1-12-10-20-17(25-12)16-9-15(21-13(2)22-16)14-7-6-8-23(11-14)18(24)19(3,4)5/h9-10,14H,6-8,11H2,1-5H3/t14-/m1/s1. The first-order chi connectivity index (χ1) is 11.7. The first-order valence-corrected chi connectivity index (χ1v) is 9.63. The molecule has 0 bridgehead atoms. The fourth-order valence-electron chi connectivity index (χ4n) is 3.26. The highest BCUT2D eigenvalue weighted by Crippen LogP contribution is 2.31. The van der Waals surface area contributed by atoms with Gasteiger partial charge in [-0.15, -0.1) is 11.3 Å². The summed E-state index contributed by atoms with van der Waals surface area (Å²) in [7, 11) is 0. The third-order valence-corrected chi connectivity index (χ3v) is 5.40. The average molecular weight is 359 g/mol. The van der Waals surface area contributed by atoms with Crippen molar-refractivity contribution in [2.24, 2.45) is 5.41 Å². The van der Waals surface area contributed by atoms with E-state index in [0.29, 0.717) is 0 Å². The van der Waals surface area contributed by atoms with Crippen LogP contribution >= 0.6 is 11.3 Å². The molecule has 25 heavy (non-hydrogen) atoms. The Morgan fingerprint density at radius 2 is 2.04 bits per heavy atom. The van der Waals surface area contributed by atoms with Gasteiger partial charge in [-0.05, 0) is 32.8 Å². The van der Waals surface area contributed by atoms with Crippen molar-refractivity contribution >= 4 is 17.2 Å². The fourth-order valence-corrected chi connectivity index (χ4v) is 3.98. The van der Waals surface area contributed by atoms with E-state index in [1.165, 1.54) is 4.88 Å². The predicted octanol–water partition coefficient (Wildman–Crippen LogP) is 3.97.